The number of carbonyl (C=O) groups is 1. The van der Waals surface area contributed by atoms with Gasteiger partial charge in [0.25, 0.3) is 11.6 Å². The lowest BCUT2D eigenvalue weighted by molar-refractivity contribution is -0.384. The third-order valence-corrected chi connectivity index (χ3v) is 4.66. The van der Waals surface area contributed by atoms with Crippen molar-refractivity contribution in [3.05, 3.63) is 101 Å². The van der Waals surface area contributed by atoms with Crippen LogP contribution in [-0.2, 0) is 11.3 Å². The third kappa shape index (κ3) is 4.96. The smallest absolute Gasteiger partial charge is 0.269 e. The zero-order chi connectivity index (χ0) is 22.3. The van der Waals surface area contributed by atoms with Crippen LogP contribution in [0.25, 0.3) is 16.9 Å². The summed E-state index contributed by atoms with van der Waals surface area (Å²) in [4.78, 5) is 26.6. The van der Waals surface area contributed by atoms with E-state index in [2.05, 4.69) is 10.3 Å². The van der Waals surface area contributed by atoms with Gasteiger partial charge in [0.2, 0.25) is 0 Å². The molecule has 1 amide bonds. The average molecular weight is 429 g/mol. The number of nitrogens with one attached hydrogen (secondary N) is 1. The summed E-state index contributed by atoms with van der Waals surface area (Å²) in [7, 11) is 0. The van der Waals surface area contributed by atoms with Crippen LogP contribution in [0, 0.1) is 10.1 Å². The number of nitro groups is 1. The monoisotopic (exact) mass is 429 g/mol. The number of nitro benzene ring substituents is 1. The van der Waals surface area contributed by atoms with Crippen LogP contribution in [0.4, 0.5) is 5.69 Å². The zero-order valence-electron chi connectivity index (χ0n) is 16.9. The van der Waals surface area contributed by atoms with Crippen molar-refractivity contribution in [2.45, 2.75) is 6.54 Å². The largest absolute Gasteiger partial charge is 0.484 e. The second kappa shape index (κ2) is 9.52. The summed E-state index contributed by atoms with van der Waals surface area (Å²) >= 11 is 0. The molecule has 4 aromatic rings. The highest BCUT2D eigenvalue weighted by Gasteiger charge is 2.14. The van der Waals surface area contributed by atoms with Gasteiger partial charge >= 0.3 is 0 Å². The molecule has 9 heteroatoms. The molecule has 4 rings (SSSR count). The van der Waals surface area contributed by atoms with E-state index in [4.69, 9.17) is 9.84 Å². The first kappa shape index (κ1) is 20.7. The Bertz CT molecular complexity index is 1210. The number of carbonyl (C=O) groups excluding carboxylic acids is 1. The van der Waals surface area contributed by atoms with E-state index in [1.165, 1.54) is 24.3 Å². The Balaban J connectivity index is 1.44. The van der Waals surface area contributed by atoms with Crippen LogP contribution in [0.2, 0.25) is 0 Å². The number of rotatable bonds is 8. The molecule has 32 heavy (non-hydrogen) atoms. The molecule has 2 heterocycles. The van der Waals surface area contributed by atoms with E-state index in [-0.39, 0.29) is 24.7 Å². The number of non-ortho nitro benzene ring substituents is 1. The minimum atomic E-state index is -0.494. The molecule has 0 saturated heterocycles. The van der Waals surface area contributed by atoms with Gasteiger partial charge in [-0.25, -0.2) is 4.68 Å². The molecule has 2 aromatic carbocycles. The summed E-state index contributed by atoms with van der Waals surface area (Å²) in [6.07, 6.45) is 5.26. The molecule has 0 bridgehead atoms. The van der Waals surface area contributed by atoms with Crippen LogP contribution in [0.5, 0.6) is 5.75 Å². The van der Waals surface area contributed by atoms with E-state index in [0.717, 1.165) is 22.5 Å². The van der Waals surface area contributed by atoms with Gasteiger partial charge in [-0.05, 0) is 36.4 Å². The van der Waals surface area contributed by atoms with Crippen LogP contribution in [-0.4, -0.2) is 32.2 Å². The summed E-state index contributed by atoms with van der Waals surface area (Å²) < 4.78 is 7.19. The van der Waals surface area contributed by atoms with Crippen LogP contribution in [0.15, 0.2) is 85.3 Å². The van der Waals surface area contributed by atoms with Crippen molar-refractivity contribution in [1.82, 2.24) is 20.1 Å². The summed E-state index contributed by atoms with van der Waals surface area (Å²) in [6, 6.07) is 19.0. The van der Waals surface area contributed by atoms with Gasteiger partial charge in [0.1, 0.15) is 5.75 Å². The summed E-state index contributed by atoms with van der Waals surface area (Å²) in [6.45, 7) is 0.0438. The third-order valence-electron chi connectivity index (χ3n) is 4.66. The van der Waals surface area contributed by atoms with Gasteiger partial charge in [-0.15, -0.1) is 0 Å². The Morgan fingerprint density at radius 2 is 1.75 bits per heavy atom. The predicted octanol–water partition coefficient (Wildman–Crippen LogP) is 3.54. The Morgan fingerprint density at radius 1 is 1.03 bits per heavy atom. The van der Waals surface area contributed by atoms with Gasteiger partial charge < -0.3 is 10.1 Å². The number of benzene rings is 2. The minimum absolute atomic E-state index is 0.0409. The molecule has 2 aromatic heterocycles. The number of pyridine rings is 1. The van der Waals surface area contributed by atoms with Crippen molar-refractivity contribution in [3.8, 4) is 22.7 Å². The van der Waals surface area contributed by atoms with E-state index in [1.807, 2.05) is 48.7 Å². The Morgan fingerprint density at radius 3 is 2.44 bits per heavy atom. The molecule has 9 nitrogen and oxygen atoms in total. The highest BCUT2D eigenvalue weighted by atomic mass is 16.6. The van der Waals surface area contributed by atoms with Gasteiger partial charge in [-0.1, -0.05) is 18.2 Å². The second-order valence-corrected chi connectivity index (χ2v) is 6.84. The number of para-hydroxylation sites is 1. The quantitative estimate of drug-likeness (QED) is 0.339. The van der Waals surface area contributed by atoms with Crippen molar-refractivity contribution >= 4 is 11.6 Å². The maximum absolute atomic E-state index is 12.3. The summed E-state index contributed by atoms with van der Waals surface area (Å²) in [5.74, 6) is 0.0524. The molecule has 0 fully saturated rings. The van der Waals surface area contributed by atoms with E-state index in [0.29, 0.717) is 5.75 Å². The van der Waals surface area contributed by atoms with Crippen LogP contribution < -0.4 is 10.1 Å². The van der Waals surface area contributed by atoms with Crippen molar-refractivity contribution in [2.75, 3.05) is 6.61 Å². The molecule has 0 spiro atoms. The number of hydrogen-bond acceptors (Lipinski definition) is 6. The average Bonchev–Trinajstić information content (AvgIpc) is 3.27. The minimum Gasteiger partial charge on any atom is -0.484 e. The first-order valence-electron chi connectivity index (χ1n) is 9.78. The normalized spacial score (nSPS) is 10.5. The fourth-order valence-corrected chi connectivity index (χ4v) is 3.06. The lowest BCUT2D eigenvalue weighted by Gasteiger charge is -2.07. The maximum atomic E-state index is 12.3. The number of aromatic nitrogens is 3. The van der Waals surface area contributed by atoms with E-state index >= 15 is 0 Å². The Labute approximate surface area is 183 Å². The fraction of sp³-hybridized carbons (Fsp3) is 0.0870. The van der Waals surface area contributed by atoms with Crippen molar-refractivity contribution in [3.63, 3.8) is 0 Å². The zero-order valence-corrected chi connectivity index (χ0v) is 16.9. The molecule has 0 aliphatic carbocycles. The molecule has 0 radical (unpaired) electrons. The molecule has 0 saturated carbocycles. The Hall–Kier alpha value is -4.53. The van der Waals surface area contributed by atoms with E-state index in [1.54, 1.807) is 17.1 Å². The highest BCUT2D eigenvalue weighted by Crippen LogP contribution is 2.23. The van der Waals surface area contributed by atoms with Gasteiger partial charge in [0.05, 0.1) is 16.3 Å². The van der Waals surface area contributed by atoms with Gasteiger partial charge in [0, 0.05) is 48.4 Å². The molecule has 0 atom stereocenters. The van der Waals surface area contributed by atoms with Crippen molar-refractivity contribution in [1.29, 1.82) is 0 Å². The SMILES string of the molecule is O=C(COc1ccc([N+](=O)[O-])cc1)NCc1cn(-c2ccccc2)nc1-c1ccncc1. The molecule has 160 valence electrons. The summed E-state index contributed by atoms with van der Waals surface area (Å²) in [5, 5.41) is 18.2. The topological polar surface area (TPSA) is 112 Å². The summed E-state index contributed by atoms with van der Waals surface area (Å²) in [5.41, 5.74) is 3.33. The number of ether oxygens (including phenoxy) is 1. The van der Waals surface area contributed by atoms with Crippen LogP contribution >= 0.6 is 0 Å². The lowest BCUT2D eigenvalue weighted by atomic mass is 10.1. The van der Waals surface area contributed by atoms with Crippen LogP contribution in [0.1, 0.15) is 5.56 Å². The Kier molecular flexibility index (Phi) is 6.17. The van der Waals surface area contributed by atoms with Gasteiger partial charge in [0.15, 0.2) is 6.61 Å². The maximum Gasteiger partial charge on any atom is 0.269 e. The van der Waals surface area contributed by atoms with E-state index in [9.17, 15) is 14.9 Å². The molecule has 0 aliphatic heterocycles. The molecule has 0 unspecified atom stereocenters. The predicted molar refractivity (Wildman–Crippen MR) is 117 cm³/mol. The van der Waals surface area contributed by atoms with Gasteiger partial charge in [-0.2, -0.15) is 5.10 Å². The number of hydrogen-bond donors (Lipinski definition) is 1. The molecular weight excluding hydrogens is 410 g/mol. The van der Waals surface area contributed by atoms with Crippen molar-refractivity contribution in [2.24, 2.45) is 0 Å². The standard InChI is InChI=1S/C23H19N5O4/c29-22(16-32-21-8-6-20(7-9-21)28(30)31)25-14-18-15-27(19-4-2-1-3-5-19)26-23(18)17-10-12-24-13-11-17/h1-13,15H,14,16H2,(H,25,29). The molecule has 1 N–H and O–H groups in total. The number of amides is 1. The van der Waals surface area contributed by atoms with Crippen molar-refractivity contribution < 1.29 is 14.5 Å². The fourth-order valence-electron chi connectivity index (χ4n) is 3.06. The first-order chi connectivity index (χ1) is 15.6. The molecular formula is C23H19N5O4. The second-order valence-electron chi connectivity index (χ2n) is 6.84. The highest BCUT2D eigenvalue weighted by molar-refractivity contribution is 5.78. The van der Waals surface area contributed by atoms with Crippen LogP contribution in [0.3, 0.4) is 0 Å². The van der Waals surface area contributed by atoms with Gasteiger partial charge in [-0.3, -0.25) is 19.9 Å². The lowest BCUT2D eigenvalue weighted by Crippen LogP contribution is -2.28. The van der Waals surface area contributed by atoms with E-state index < -0.39 is 4.92 Å². The molecule has 0 aliphatic rings. The first-order valence-corrected chi connectivity index (χ1v) is 9.78. The number of nitrogens with zero attached hydrogens (tertiary/aromatic N) is 4.